The van der Waals surface area contributed by atoms with E-state index < -0.39 is 50.4 Å². The van der Waals surface area contributed by atoms with Gasteiger partial charge in [0.25, 0.3) is 5.91 Å². The standard InChI is InChI=1S/C22H23F2NO5S/c1-14-5-7-17(11-15(14)2)31(28,29)22(9-3-4-10-22)21(27)30-13-20(26)25-19-12-16(23)6-8-18(19)24/h5-8,11-12H,3-4,9-10,13H2,1-2H3,(H,25,26). The molecule has 6 nitrogen and oxygen atoms in total. The van der Waals surface area contributed by atoms with Crippen LogP contribution < -0.4 is 5.32 Å². The van der Waals surface area contributed by atoms with Crippen LogP contribution in [-0.2, 0) is 24.2 Å². The van der Waals surface area contributed by atoms with Crippen LogP contribution in [0.3, 0.4) is 0 Å². The molecule has 1 aliphatic rings. The first-order valence-corrected chi connectivity index (χ1v) is 11.3. The van der Waals surface area contributed by atoms with Crippen molar-refractivity contribution in [2.75, 3.05) is 11.9 Å². The van der Waals surface area contributed by atoms with Gasteiger partial charge in [-0.2, -0.15) is 0 Å². The van der Waals surface area contributed by atoms with Gasteiger partial charge in [0.1, 0.15) is 11.6 Å². The van der Waals surface area contributed by atoms with Gasteiger partial charge in [0.05, 0.1) is 10.6 Å². The molecule has 9 heteroatoms. The number of amides is 1. The first-order chi connectivity index (χ1) is 14.6. The SMILES string of the molecule is Cc1ccc(S(=O)(=O)C2(C(=O)OCC(=O)Nc3cc(F)ccc3F)CCCC2)cc1C. The molecule has 166 valence electrons. The molecule has 31 heavy (non-hydrogen) atoms. The highest BCUT2D eigenvalue weighted by Gasteiger charge is 2.54. The molecule has 1 saturated carbocycles. The molecular weight excluding hydrogens is 428 g/mol. The van der Waals surface area contributed by atoms with Crippen LogP contribution in [0.2, 0.25) is 0 Å². The van der Waals surface area contributed by atoms with Crippen LogP contribution in [0, 0.1) is 25.5 Å². The van der Waals surface area contributed by atoms with Crippen LogP contribution in [0.5, 0.6) is 0 Å². The molecule has 0 heterocycles. The van der Waals surface area contributed by atoms with Crippen molar-refractivity contribution in [2.24, 2.45) is 0 Å². The molecule has 2 aromatic rings. The van der Waals surface area contributed by atoms with Gasteiger partial charge in [-0.25, -0.2) is 17.2 Å². The maximum Gasteiger partial charge on any atom is 0.328 e. The van der Waals surface area contributed by atoms with Crippen molar-refractivity contribution in [2.45, 2.75) is 49.2 Å². The molecule has 1 amide bonds. The van der Waals surface area contributed by atoms with Crippen LogP contribution in [0.1, 0.15) is 36.8 Å². The second-order valence-electron chi connectivity index (χ2n) is 7.70. The van der Waals surface area contributed by atoms with Gasteiger partial charge in [-0.3, -0.25) is 9.59 Å². The summed E-state index contributed by atoms with van der Waals surface area (Å²) in [5.41, 5.74) is 1.29. The zero-order valence-electron chi connectivity index (χ0n) is 17.2. The molecule has 0 spiro atoms. The predicted molar refractivity (Wildman–Crippen MR) is 110 cm³/mol. The molecule has 0 radical (unpaired) electrons. The number of carbonyl (C=O) groups is 2. The van der Waals surface area contributed by atoms with E-state index in [1.807, 2.05) is 6.92 Å². The lowest BCUT2D eigenvalue weighted by Gasteiger charge is -2.26. The second kappa shape index (κ2) is 8.74. The maximum atomic E-state index is 13.7. The van der Waals surface area contributed by atoms with Crippen molar-refractivity contribution in [3.05, 3.63) is 59.2 Å². The Bertz CT molecular complexity index is 1120. The fourth-order valence-corrected chi connectivity index (χ4v) is 5.81. The molecule has 0 atom stereocenters. The number of ether oxygens (including phenoxy) is 1. The van der Waals surface area contributed by atoms with Gasteiger partial charge in [0.15, 0.2) is 21.2 Å². The maximum absolute atomic E-state index is 13.7. The van der Waals surface area contributed by atoms with E-state index in [1.165, 1.54) is 12.1 Å². The van der Waals surface area contributed by atoms with Gasteiger partial charge in [-0.05, 0) is 62.1 Å². The number of anilines is 1. The minimum absolute atomic E-state index is 0.0285. The van der Waals surface area contributed by atoms with E-state index in [0.717, 1.165) is 29.3 Å². The van der Waals surface area contributed by atoms with Crippen LogP contribution in [0.25, 0.3) is 0 Å². The number of hydrogen-bond donors (Lipinski definition) is 1. The topological polar surface area (TPSA) is 89.5 Å². The Morgan fingerprint density at radius 2 is 1.71 bits per heavy atom. The zero-order chi connectivity index (χ0) is 22.8. The fraction of sp³-hybridized carbons (Fsp3) is 0.364. The van der Waals surface area contributed by atoms with Gasteiger partial charge >= 0.3 is 5.97 Å². The van der Waals surface area contributed by atoms with E-state index in [2.05, 4.69) is 5.32 Å². The Balaban J connectivity index is 1.78. The Kier molecular flexibility index (Phi) is 6.45. The van der Waals surface area contributed by atoms with Gasteiger partial charge < -0.3 is 10.1 Å². The first kappa shape index (κ1) is 22.9. The number of nitrogens with one attached hydrogen (secondary N) is 1. The monoisotopic (exact) mass is 451 g/mol. The molecule has 0 aliphatic heterocycles. The van der Waals surface area contributed by atoms with E-state index in [1.54, 1.807) is 13.0 Å². The van der Waals surface area contributed by atoms with Crippen molar-refractivity contribution in [3.8, 4) is 0 Å². The smallest absolute Gasteiger partial charge is 0.328 e. The Hall–Kier alpha value is -2.81. The second-order valence-corrected chi connectivity index (χ2v) is 9.96. The van der Waals surface area contributed by atoms with E-state index in [9.17, 15) is 26.8 Å². The highest BCUT2D eigenvalue weighted by Crippen LogP contribution is 2.41. The molecule has 3 rings (SSSR count). The lowest BCUT2D eigenvalue weighted by molar-refractivity contribution is -0.149. The number of benzene rings is 2. The summed E-state index contributed by atoms with van der Waals surface area (Å²) in [4.78, 5) is 25.0. The summed E-state index contributed by atoms with van der Waals surface area (Å²) in [7, 11) is -4.07. The molecule has 2 aromatic carbocycles. The minimum atomic E-state index is -4.07. The van der Waals surface area contributed by atoms with Gasteiger partial charge in [0, 0.05) is 6.07 Å². The lowest BCUT2D eigenvalue weighted by atomic mass is 10.1. The van der Waals surface area contributed by atoms with E-state index in [0.29, 0.717) is 12.8 Å². The Labute approximate surface area is 179 Å². The van der Waals surface area contributed by atoms with Crippen LogP contribution in [-0.4, -0.2) is 31.6 Å². The average molecular weight is 451 g/mol. The van der Waals surface area contributed by atoms with E-state index in [4.69, 9.17) is 4.74 Å². The number of rotatable bonds is 6. The average Bonchev–Trinajstić information content (AvgIpc) is 3.23. The summed E-state index contributed by atoms with van der Waals surface area (Å²) in [5, 5.41) is 2.11. The highest BCUT2D eigenvalue weighted by molar-refractivity contribution is 7.93. The third-order valence-corrected chi connectivity index (χ3v) is 8.10. The molecular formula is C22H23F2NO5S. The quantitative estimate of drug-likeness (QED) is 0.674. The summed E-state index contributed by atoms with van der Waals surface area (Å²) in [6.45, 7) is 2.81. The van der Waals surface area contributed by atoms with E-state index in [-0.39, 0.29) is 17.7 Å². The molecule has 0 aromatic heterocycles. The summed E-state index contributed by atoms with van der Waals surface area (Å²) >= 11 is 0. The molecule has 0 bridgehead atoms. The minimum Gasteiger partial charge on any atom is -0.454 e. The zero-order valence-corrected chi connectivity index (χ0v) is 18.0. The lowest BCUT2D eigenvalue weighted by Crippen LogP contribution is -2.46. The summed E-state index contributed by atoms with van der Waals surface area (Å²) in [5.74, 6) is -3.53. The van der Waals surface area contributed by atoms with E-state index >= 15 is 0 Å². The van der Waals surface area contributed by atoms with Crippen molar-refractivity contribution in [1.82, 2.24) is 0 Å². The fourth-order valence-electron chi connectivity index (χ4n) is 3.68. The summed E-state index contributed by atoms with van der Waals surface area (Å²) < 4.78 is 57.0. The highest BCUT2D eigenvalue weighted by atomic mass is 32.2. The van der Waals surface area contributed by atoms with Crippen molar-refractivity contribution < 1.29 is 31.5 Å². The largest absolute Gasteiger partial charge is 0.454 e. The number of aryl methyl sites for hydroxylation is 2. The first-order valence-electron chi connectivity index (χ1n) is 9.81. The number of sulfone groups is 1. The summed E-state index contributed by atoms with van der Waals surface area (Å²) in [6, 6.07) is 7.20. The Morgan fingerprint density at radius 3 is 2.35 bits per heavy atom. The molecule has 1 N–H and O–H groups in total. The van der Waals surface area contributed by atoms with Crippen molar-refractivity contribution >= 4 is 27.4 Å². The van der Waals surface area contributed by atoms with Crippen LogP contribution in [0.15, 0.2) is 41.3 Å². The van der Waals surface area contributed by atoms with Crippen molar-refractivity contribution in [3.63, 3.8) is 0 Å². The van der Waals surface area contributed by atoms with Gasteiger partial charge in [0.2, 0.25) is 0 Å². The van der Waals surface area contributed by atoms with Crippen molar-refractivity contribution in [1.29, 1.82) is 0 Å². The third kappa shape index (κ3) is 4.46. The van der Waals surface area contributed by atoms with Gasteiger partial charge in [-0.15, -0.1) is 0 Å². The number of esters is 1. The van der Waals surface area contributed by atoms with Crippen LogP contribution >= 0.6 is 0 Å². The summed E-state index contributed by atoms with van der Waals surface area (Å²) in [6.07, 6.45) is 1.22. The third-order valence-electron chi connectivity index (χ3n) is 5.62. The molecule has 0 unspecified atom stereocenters. The molecule has 1 fully saturated rings. The number of carbonyl (C=O) groups excluding carboxylic acids is 2. The molecule has 0 saturated heterocycles. The predicted octanol–water partition coefficient (Wildman–Crippen LogP) is 3.85. The normalized spacial score (nSPS) is 15.5. The number of halogens is 2. The Morgan fingerprint density at radius 1 is 1.03 bits per heavy atom. The van der Waals surface area contributed by atoms with Gasteiger partial charge in [-0.1, -0.05) is 18.9 Å². The number of hydrogen-bond acceptors (Lipinski definition) is 5. The van der Waals surface area contributed by atoms with Crippen LogP contribution in [0.4, 0.5) is 14.5 Å². The molecule has 1 aliphatic carbocycles.